The van der Waals surface area contributed by atoms with Crippen LogP contribution in [0.5, 0.6) is 0 Å². The van der Waals surface area contributed by atoms with Gasteiger partial charge in [-0.1, -0.05) is 32.1 Å². The number of aromatic amines is 1. The Morgan fingerprint density at radius 2 is 2.22 bits per heavy atom. The van der Waals surface area contributed by atoms with Gasteiger partial charge in [-0.3, -0.25) is 5.10 Å². The van der Waals surface area contributed by atoms with E-state index in [-0.39, 0.29) is 0 Å². The van der Waals surface area contributed by atoms with Gasteiger partial charge in [0.25, 0.3) is 0 Å². The van der Waals surface area contributed by atoms with Crippen LogP contribution in [0.1, 0.15) is 32.8 Å². The maximum absolute atomic E-state index is 7.85. The molecule has 1 aromatic heterocycles. The molecule has 23 heavy (non-hydrogen) atoms. The Morgan fingerprint density at radius 1 is 1.43 bits per heavy atom. The number of fused-ring (bicyclic) bond motifs is 1. The van der Waals surface area contributed by atoms with Gasteiger partial charge in [-0.2, -0.15) is 5.10 Å². The van der Waals surface area contributed by atoms with Crippen LogP contribution in [0, 0.1) is 11.3 Å². The maximum atomic E-state index is 7.85. The van der Waals surface area contributed by atoms with Crippen molar-refractivity contribution in [2.24, 2.45) is 5.92 Å². The van der Waals surface area contributed by atoms with Crippen LogP contribution in [-0.4, -0.2) is 23.5 Å². The number of H-pyrrole nitrogens is 1. The van der Waals surface area contributed by atoms with Crippen molar-refractivity contribution >= 4 is 17.1 Å². The second-order valence-corrected chi connectivity index (χ2v) is 5.85. The minimum Gasteiger partial charge on any atom is -0.391 e. The summed E-state index contributed by atoms with van der Waals surface area (Å²) in [4.78, 5) is 0. The molecule has 2 rings (SSSR count). The fourth-order valence-corrected chi connectivity index (χ4v) is 2.88. The number of hydrogen-bond donors (Lipinski definition) is 3. The molecule has 0 spiro atoms. The smallest absolute Gasteiger partial charge is 0.0653 e. The molecule has 0 aliphatic carbocycles. The highest BCUT2D eigenvalue weighted by Gasteiger charge is 2.14. The Labute approximate surface area is 138 Å². The number of benzene rings is 1. The van der Waals surface area contributed by atoms with Crippen LogP contribution < -0.4 is 5.32 Å². The van der Waals surface area contributed by atoms with E-state index in [4.69, 9.17) is 5.41 Å². The summed E-state index contributed by atoms with van der Waals surface area (Å²) in [5.74, 6) is 0.417. The number of rotatable bonds is 7. The van der Waals surface area contributed by atoms with E-state index >= 15 is 0 Å². The third-order valence-electron chi connectivity index (χ3n) is 4.47. The average Bonchev–Trinajstić information content (AvgIpc) is 3.06. The molecule has 3 N–H and O–H groups in total. The SMILES string of the molecule is CCC(C)C(/C(C=N)=C/Cc1cccc2[nH]ncc12)=C(\C)NC. The maximum Gasteiger partial charge on any atom is 0.0653 e. The quantitative estimate of drug-likeness (QED) is 0.529. The predicted molar refractivity (Wildman–Crippen MR) is 97.9 cm³/mol. The molecule has 0 saturated heterocycles. The van der Waals surface area contributed by atoms with E-state index in [1.807, 2.05) is 25.4 Å². The van der Waals surface area contributed by atoms with Crippen LogP contribution in [0.4, 0.5) is 0 Å². The molecular formula is C19H26N4. The van der Waals surface area contributed by atoms with E-state index in [0.717, 1.165) is 35.0 Å². The van der Waals surface area contributed by atoms with Crippen LogP contribution >= 0.6 is 0 Å². The van der Waals surface area contributed by atoms with Crippen LogP contribution in [0.2, 0.25) is 0 Å². The highest BCUT2D eigenvalue weighted by Crippen LogP contribution is 2.25. The molecule has 1 aromatic carbocycles. The first-order chi connectivity index (χ1) is 11.1. The van der Waals surface area contributed by atoms with Crippen molar-refractivity contribution in [1.82, 2.24) is 15.5 Å². The standard InChI is InChI=1S/C19H26N4/c1-5-13(2)19(14(3)21-4)16(11-20)10-9-15-7-6-8-18-17(15)12-22-23-18/h6-8,10-13,20-21H,5,9H2,1-4H3,(H,22,23)/b16-10+,19-14-,20-11?. The number of hydrogen-bond acceptors (Lipinski definition) is 3. The summed E-state index contributed by atoms with van der Waals surface area (Å²) in [5.41, 5.74) is 5.63. The second-order valence-electron chi connectivity index (χ2n) is 5.85. The van der Waals surface area contributed by atoms with Gasteiger partial charge in [-0.25, -0.2) is 0 Å². The molecule has 4 nitrogen and oxygen atoms in total. The van der Waals surface area contributed by atoms with Crippen LogP contribution in [-0.2, 0) is 6.42 Å². The lowest BCUT2D eigenvalue weighted by Gasteiger charge is -2.19. The van der Waals surface area contributed by atoms with Crippen molar-refractivity contribution in [1.29, 1.82) is 5.41 Å². The minimum atomic E-state index is 0.417. The van der Waals surface area contributed by atoms with Crippen molar-refractivity contribution in [2.45, 2.75) is 33.6 Å². The van der Waals surface area contributed by atoms with Crippen LogP contribution in [0.25, 0.3) is 10.9 Å². The van der Waals surface area contributed by atoms with E-state index in [2.05, 4.69) is 48.4 Å². The molecule has 0 bridgehead atoms. The minimum absolute atomic E-state index is 0.417. The van der Waals surface area contributed by atoms with Crippen molar-refractivity contribution in [3.05, 3.63) is 52.9 Å². The Kier molecular flexibility index (Phi) is 5.74. The molecule has 4 heteroatoms. The molecule has 1 unspecified atom stereocenters. The highest BCUT2D eigenvalue weighted by molar-refractivity contribution is 5.84. The van der Waals surface area contributed by atoms with Gasteiger partial charge in [0.15, 0.2) is 0 Å². The molecule has 122 valence electrons. The summed E-state index contributed by atoms with van der Waals surface area (Å²) >= 11 is 0. The first-order valence-corrected chi connectivity index (χ1v) is 8.12. The second kappa shape index (κ2) is 7.77. The van der Waals surface area contributed by atoms with E-state index in [9.17, 15) is 0 Å². The van der Waals surface area contributed by atoms with Crippen molar-refractivity contribution in [2.75, 3.05) is 7.05 Å². The number of aromatic nitrogens is 2. The van der Waals surface area contributed by atoms with Crippen molar-refractivity contribution in [3.63, 3.8) is 0 Å². The monoisotopic (exact) mass is 310 g/mol. The molecule has 0 fully saturated rings. The Bertz CT molecular complexity index is 737. The van der Waals surface area contributed by atoms with Crippen molar-refractivity contribution < 1.29 is 0 Å². The Morgan fingerprint density at radius 3 is 2.87 bits per heavy atom. The number of nitrogens with one attached hydrogen (secondary N) is 3. The number of nitrogens with zero attached hydrogens (tertiary/aromatic N) is 1. The van der Waals surface area contributed by atoms with Gasteiger partial charge >= 0.3 is 0 Å². The summed E-state index contributed by atoms with van der Waals surface area (Å²) in [6.45, 7) is 6.47. The third kappa shape index (κ3) is 3.70. The molecule has 1 heterocycles. The Balaban J connectivity index is 2.38. The molecular weight excluding hydrogens is 284 g/mol. The zero-order valence-electron chi connectivity index (χ0n) is 14.4. The molecule has 0 aliphatic heterocycles. The van der Waals surface area contributed by atoms with Crippen LogP contribution in [0.3, 0.4) is 0 Å². The zero-order chi connectivity index (χ0) is 16.8. The van der Waals surface area contributed by atoms with Crippen molar-refractivity contribution in [3.8, 4) is 0 Å². The summed E-state index contributed by atoms with van der Waals surface area (Å²) in [6, 6.07) is 6.19. The predicted octanol–water partition coefficient (Wildman–Crippen LogP) is 4.22. The first kappa shape index (κ1) is 17.0. The fraction of sp³-hybridized carbons (Fsp3) is 0.368. The molecule has 2 aromatic rings. The summed E-state index contributed by atoms with van der Waals surface area (Å²) in [6.07, 6.45) is 7.33. The van der Waals surface area contributed by atoms with E-state index in [1.54, 1.807) is 0 Å². The van der Waals surface area contributed by atoms with E-state index in [1.165, 1.54) is 17.4 Å². The highest BCUT2D eigenvalue weighted by atomic mass is 15.1. The first-order valence-electron chi connectivity index (χ1n) is 8.12. The zero-order valence-corrected chi connectivity index (χ0v) is 14.4. The van der Waals surface area contributed by atoms with Gasteiger partial charge in [0.2, 0.25) is 0 Å². The summed E-state index contributed by atoms with van der Waals surface area (Å²) in [7, 11) is 1.94. The van der Waals surface area contributed by atoms with E-state index in [0.29, 0.717) is 5.92 Å². The lowest BCUT2D eigenvalue weighted by molar-refractivity contribution is 0.651. The van der Waals surface area contributed by atoms with Gasteiger partial charge in [0, 0.05) is 24.3 Å². The topological polar surface area (TPSA) is 64.6 Å². The van der Waals surface area contributed by atoms with E-state index < -0.39 is 0 Å². The lowest BCUT2D eigenvalue weighted by Crippen LogP contribution is -2.13. The molecule has 0 saturated carbocycles. The molecule has 0 aliphatic rings. The van der Waals surface area contributed by atoms with Gasteiger partial charge < -0.3 is 10.7 Å². The molecule has 1 atom stereocenters. The van der Waals surface area contributed by atoms with Gasteiger partial charge in [0.05, 0.1) is 11.7 Å². The summed E-state index contributed by atoms with van der Waals surface area (Å²) in [5, 5.41) is 19.4. The van der Waals surface area contributed by atoms with Gasteiger partial charge in [-0.05, 0) is 48.5 Å². The van der Waals surface area contributed by atoms with Gasteiger partial charge in [-0.15, -0.1) is 0 Å². The number of allylic oxidation sites excluding steroid dienone is 4. The normalized spacial score (nSPS) is 14.5. The van der Waals surface area contributed by atoms with Gasteiger partial charge in [0.1, 0.15) is 0 Å². The molecule has 0 radical (unpaired) electrons. The average molecular weight is 310 g/mol. The Hall–Kier alpha value is -2.36. The summed E-state index contributed by atoms with van der Waals surface area (Å²) < 4.78 is 0. The fourth-order valence-electron chi connectivity index (χ4n) is 2.88. The third-order valence-corrected chi connectivity index (χ3v) is 4.47. The van der Waals surface area contributed by atoms with Crippen LogP contribution in [0.15, 0.2) is 47.3 Å². The molecule has 0 amide bonds. The largest absolute Gasteiger partial charge is 0.391 e. The lowest BCUT2D eigenvalue weighted by atomic mass is 9.89.